The summed E-state index contributed by atoms with van der Waals surface area (Å²) in [5, 5.41) is 2.96. The number of rotatable bonds is 7. The van der Waals surface area contributed by atoms with Crippen LogP contribution in [0.15, 0.2) is 54.4 Å². The average Bonchev–Trinajstić information content (AvgIpc) is 2.63. The summed E-state index contributed by atoms with van der Waals surface area (Å²) in [6.45, 7) is 5.62. The molecule has 0 atom stereocenters. The van der Waals surface area contributed by atoms with E-state index >= 15 is 0 Å². The van der Waals surface area contributed by atoms with E-state index in [-0.39, 0.29) is 18.8 Å². The van der Waals surface area contributed by atoms with E-state index in [1.807, 2.05) is 43.3 Å². The number of carbonyl (C=O) groups excluding carboxylic acids is 2. The van der Waals surface area contributed by atoms with Gasteiger partial charge in [0, 0.05) is 29.3 Å². The van der Waals surface area contributed by atoms with Crippen LogP contribution in [0.5, 0.6) is 0 Å². The SMILES string of the molecule is CCOC(=O)C(=CNc1cccc(-c2ccc(C)nc2)c1)C(=O)OCC. The summed E-state index contributed by atoms with van der Waals surface area (Å²) in [5.41, 5.74) is 3.41. The minimum atomic E-state index is -0.725. The molecule has 0 saturated heterocycles. The van der Waals surface area contributed by atoms with Gasteiger partial charge in [-0.1, -0.05) is 18.2 Å². The van der Waals surface area contributed by atoms with Gasteiger partial charge in [0.05, 0.1) is 13.2 Å². The van der Waals surface area contributed by atoms with Gasteiger partial charge < -0.3 is 14.8 Å². The predicted molar refractivity (Wildman–Crippen MR) is 99.4 cm³/mol. The van der Waals surface area contributed by atoms with Crippen LogP contribution in [-0.4, -0.2) is 30.1 Å². The number of hydrogen-bond acceptors (Lipinski definition) is 6. The molecule has 1 aromatic heterocycles. The molecule has 1 aromatic carbocycles. The Morgan fingerprint density at radius 3 is 2.31 bits per heavy atom. The number of aromatic nitrogens is 1. The van der Waals surface area contributed by atoms with Crippen LogP contribution in [0.2, 0.25) is 0 Å². The van der Waals surface area contributed by atoms with Crippen molar-refractivity contribution >= 4 is 17.6 Å². The number of aryl methyl sites for hydroxylation is 1. The minimum Gasteiger partial charge on any atom is -0.462 e. The minimum absolute atomic E-state index is 0.172. The Morgan fingerprint density at radius 1 is 1.04 bits per heavy atom. The number of nitrogens with zero attached hydrogens (tertiary/aromatic N) is 1. The van der Waals surface area contributed by atoms with Crippen LogP contribution in [0.3, 0.4) is 0 Å². The summed E-state index contributed by atoms with van der Waals surface area (Å²) in [6, 6.07) is 11.5. The first kappa shape index (κ1) is 19.2. The van der Waals surface area contributed by atoms with Crippen LogP contribution in [0, 0.1) is 6.92 Å². The molecule has 0 bridgehead atoms. The van der Waals surface area contributed by atoms with Gasteiger partial charge in [0.15, 0.2) is 5.57 Å². The van der Waals surface area contributed by atoms with Crippen LogP contribution in [0.1, 0.15) is 19.5 Å². The second-order valence-electron chi connectivity index (χ2n) is 5.41. The van der Waals surface area contributed by atoms with Crippen molar-refractivity contribution in [2.45, 2.75) is 20.8 Å². The Hall–Kier alpha value is -3.15. The van der Waals surface area contributed by atoms with E-state index in [1.54, 1.807) is 20.0 Å². The molecule has 6 heteroatoms. The number of esters is 2. The third-order valence-corrected chi connectivity index (χ3v) is 3.48. The lowest BCUT2D eigenvalue weighted by atomic mass is 10.1. The molecule has 0 aliphatic rings. The predicted octanol–water partition coefficient (Wildman–Crippen LogP) is 3.48. The van der Waals surface area contributed by atoms with Gasteiger partial charge in [0.1, 0.15) is 0 Å². The van der Waals surface area contributed by atoms with Crippen molar-refractivity contribution in [1.82, 2.24) is 4.98 Å². The molecule has 0 fully saturated rings. The van der Waals surface area contributed by atoms with Crippen molar-refractivity contribution in [1.29, 1.82) is 0 Å². The zero-order chi connectivity index (χ0) is 18.9. The van der Waals surface area contributed by atoms with Crippen molar-refractivity contribution in [2.24, 2.45) is 0 Å². The lowest BCUT2D eigenvalue weighted by Crippen LogP contribution is -2.19. The molecule has 0 radical (unpaired) electrons. The molecule has 0 aliphatic heterocycles. The first-order valence-corrected chi connectivity index (χ1v) is 8.39. The second kappa shape index (κ2) is 9.36. The van der Waals surface area contributed by atoms with E-state index in [4.69, 9.17) is 9.47 Å². The number of nitrogens with one attached hydrogen (secondary N) is 1. The van der Waals surface area contributed by atoms with E-state index in [2.05, 4.69) is 10.3 Å². The molecule has 0 saturated carbocycles. The second-order valence-corrected chi connectivity index (χ2v) is 5.41. The molecule has 0 unspecified atom stereocenters. The molecule has 1 N–H and O–H groups in total. The molecular formula is C20H22N2O4. The van der Waals surface area contributed by atoms with Gasteiger partial charge in [0.2, 0.25) is 0 Å². The normalized spacial score (nSPS) is 9.96. The van der Waals surface area contributed by atoms with Crippen molar-refractivity contribution in [3.05, 3.63) is 60.1 Å². The van der Waals surface area contributed by atoms with Gasteiger partial charge in [-0.05, 0) is 44.5 Å². The Morgan fingerprint density at radius 2 is 1.73 bits per heavy atom. The summed E-state index contributed by atoms with van der Waals surface area (Å²) >= 11 is 0. The average molecular weight is 354 g/mol. The fraction of sp³-hybridized carbons (Fsp3) is 0.250. The summed E-state index contributed by atoms with van der Waals surface area (Å²) in [6.07, 6.45) is 3.11. The van der Waals surface area contributed by atoms with E-state index in [0.717, 1.165) is 16.8 Å². The maximum atomic E-state index is 12.0. The van der Waals surface area contributed by atoms with Crippen LogP contribution in [0.4, 0.5) is 5.69 Å². The molecule has 2 rings (SSSR count). The quantitative estimate of drug-likeness (QED) is 0.355. The molecule has 1 heterocycles. The van der Waals surface area contributed by atoms with Gasteiger partial charge in [-0.2, -0.15) is 0 Å². The van der Waals surface area contributed by atoms with Gasteiger partial charge in [-0.15, -0.1) is 0 Å². The fourth-order valence-corrected chi connectivity index (χ4v) is 2.20. The molecule has 26 heavy (non-hydrogen) atoms. The molecule has 0 amide bonds. The number of ether oxygens (including phenoxy) is 2. The maximum absolute atomic E-state index is 12.0. The molecular weight excluding hydrogens is 332 g/mol. The number of benzene rings is 1. The van der Waals surface area contributed by atoms with E-state index in [9.17, 15) is 9.59 Å². The topological polar surface area (TPSA) is 77.5 Å². The first-order chi connectivity index (χ1) is 12.5. The van der Waals surface area contributed by atoms with Crippen LogP contribution in [0.25, 0.3) is 11.1 Å². The summed E-state index contributed by atoms with van der Waals surface area (Å²) < 4.78 is 9.82. The highest BCUT2D eigenvalue weighted by atomic mass is 16.6. The third-order valence-electron chi connectivity index (χ3n) is 3.48. The molecule has 0 aliphatic carbocycles. The Kier molecular flexibility index (Phi) is 6.91. The maximum Gasteiger partial charge on any atom is 0.347 e. The molecule has 6 nitrogen and oxygen atoms in total. The van der Waals surface area contributed by atoms with Gasteiger partial charge in [-0.3, -0.25) is 4.98 Å². The van der Waals surface area contributed by atoms with Crippen molar-refractivity contribution in [3.63, 3.8) is 0 Å². The standard InChI is InChI=1S/C20H22N2O4/c1-4-25-19(23)18(20(24)26-5-2)13-22-17-8-6-7-15(11-17)16-10-9-14(3)21-12-16/h6-13,22H,4-5H2,1-3H3. The Labute approximate surface area is 152 Å². The number of anilines is 1. The van der Waals surface area contributed by atoms with E-state index < -0.39 is 11.9 Å². The first-order valence-electron chi connectivity index (χ1n) is 8.39. The summed E-state index contributed by atoms with van der Waals surface area (Å²) in [7, 11) is 0. The summed E-state index contributed by atoms with van der Waals surface area (Å²) in [5.74, 6) is -1.45. The Bertz CT molecular complexity index is 778. The fourth-order valence-electron chi connectivity index (χ4n) is 2.20. The largest absolute Gasteiger partial charge is 0.462 e. The highest BCUT2D eigenvalue weighted by Crippen LogP contribution is 2.22. The van der Waals surface area contributed by atoms with Crippen LogP contribution < -0.4 is 5.32 Å². The highest BCUT2D eigenvalue weighted by molar-refractivity contribution is 6.14. The smallest absolute Gasteiger partial charge is 0.347 e. The monoisotopic (exact) mass is 354 g/mol. The summed E-state index contributed by atoms with van der Waals surface area (Å²) in [4.78, 5) is 28.2. The lowest BCUT2D eigenvalue weighted by Gasteiger charge is -2.09. The third kappa shape index (κ3) is 5.17. The zero-order valence-electron chi connectivity index (χ0n) is 15.1. The van der Waals surface area contributed by atoms with Gasteiger partial charge in [-0.25, -0.2) is 9.59 Å². The van der Waals surface area contributed by atoms with Crippen molar-refractivity contribution in [3.8, 4) is 11.1 Å². The van der Waals surface area contributed by atoms with Crippen molar-refractivity contribution in [2.75, 3.05) is 18.5 Å². The molecule has 136 valence electrons. The zero-order valence-corrected chi connectivity index (χ0v) is 15.1. The number of hydrogen-bond donors (Lipinski definition) is 1. The Balaban J connectivity index is 2.23. The number of carbonyl (C=O) groups is 2. The number of pyridine rings is 1. The molecule has 0 spiro atoms. The lowest BCUT2D eigenvalue weighted by molar-refractivity contribution is -0.146. The van der Waals surface area contributed by atoms with Gasteiger partial charge >= 0.3 is 11.9 Å². The van der Waals surface area contributed by atoms with E-state index in [0.29, 0.717) is 5.69 Å². The van der Waals surface area contributed by atoms with E-state index in [1.165, 1.54) is 6.20 Å². The van der Waals surface area contributed by atoms with Crippen molar-refractivity contribution < 1.29 is 19.1 Å². The molecule has 2 aromatic rings. The van der Waals surface area contributed by atoms with Crippen LogP contribution >= 0.6 is 0 Å². The van der Waals surface area contributed by atoms with Gasteiger partial charge in [0.25, 0.3) is 0 Å². The highest BCUT2D eigenvalue weighted by Gasteiger charge is 2.20. The van der Waals surface area contributed by atoms with Crippen LogP contribution in [-0.2, 0) is 19.1 Å².